The molecule has 30 heavy (non-hydrogen) atoms. The summed E-state index contributed by atoms with van der Waals surface area (Å²) in [5, 5.41) is 10.6. The number of carbonyl (C=O) groups is 1. The first-order valence-electron chi connectivity index (χ1n) is 10.5. The number of hydrogen-bond acceptors (Lipinski definition) is 6. The van der Waals surface area contributed by atoms with Crippen molar-refractivity contribution in [3.05, 3.63) is 48.0 Å². The van der Waals surface area contributed by atoms with E-state index in [1.54, 1.807) is 0 Å². The Morgan fingerprint density at radius 2 is 1.90 bits per heavy atom. The number of anilines is 1. The summed E-state index contributed by atoms with van der Waals surface area (Å²) in [7, 11) is 0. The summed E-state index contributed by atoms with van der Waals surface area (Å²) in [4.78, 5) is 16.9. The maximum atomic E-state index is 12.8. The van der Waals surface area contributed by atoms with Gasteiger partial charge in [-0.25, -0.2) is 0 Å². The zero-order valence-electron chi connectivity index (χ0n) is 16.8. The van der Waals surface area contributed by atoms with Crippen LogP contribution in [0, 0.1) is 0 Å². The highest BCUT2D eigenvalue weighted by Gasteiger charge is 2.35. The van der Waals surface area contributed by atoms with E-state index in [4.69, 9.17) is 14.2 Å². The van der Waals surface area contributed by atoms with Crippen LogP contribution in [-0.4, -0.2) is 54.5 Å². The number of ether oxygens (including phenoxy) is 3. The molecule has 1 aliphatic carbocycles. The fourth-order valence-electron chi connectivity index (χ4n) is 4.09. The first kappa shape index (κ1) is 19.1. The van der Waals surface area contributed by atoms with Crippen molar-refractivity contribution >= 4 is 11.6 Å². The van der Waals surface area contributed by atoms with E-state index in [1.165, 1.54) is 0 Å². The lowest BCUT2D eigenvalue weighted by atomic mass is 10.1. The van der Waals surface area contributed by atoms with Gasteiger partial charge in [0.15, 0.2) is 11.5 Å². The molecule has 3 aliphatic rings. The highest BCUT2D eigenvalue weighted by atomic mass is 16.7. The van der Waals surface area contributed by atoms with E-state index in [0.29, 0.717) is 43.6 Å². The van der Waals surface area contributed by atoms with E-state index in [1.807, 2.05) is 47.4 Å². The van der Waals surface area contributed by atoms with Gasteiger partial charge in [0, 0.05) is 43.9 Å². The van der Waals surface area contributed by atoms with Crippen molar-refractivity contribution < 1.29 is 24.1 Å². The third kappa shape index (κ3) is 4.03. The molecule has 0 aromatic heterocycles. The van der Waals surface area contributed by atoms with Crippen LogP contribution in [-0.2, 0) is 11.3 Å². The number of benzene rings is 2. The van der Waals surface area contributed by atoms with Crippen molar-refractivity contribution in [2.24, 2.45) is 0 Å². The van der Waals surface area contributed by atoms with Crippen LogP contribution in [0.5, 0.6) is 17.2 Å². The number of fused-ring (bicyclic) bond motifs is 2. The SMILES string of the molecule is O=C1CCN(CC(O)COc2ccccc2)c2cc3c(cc2CN1C1CC1)OCO3. The molecule has 0 spiro atoms. The predicted octanol–water partition coefficient (Wildman–Crippen LogP) is 2.56. The average molecular weight is 410 g/mol. The summed E-state index contributed by atoms with van der Waals surface area (Å²) in [5.74, 6) is 2.31. The van der Waals surface area contributed by atoms with Crippen LogP contribution >= 0.6 is 0 Å². The van der Waals surface area contributed by atoms with E-state index in [9.17, 15) is 9.90 Å². The van der Waals surface area contributed by atoms with E-state index >= 15 is 0 Å². The van der Waals surface area contributed by atoms with Gasteiger partial charge in [-0.3, -0.25) is 4.79 Å². The summed E-state index contributed by atoms with van der Waals surface area (Å²) in [6.45, 7) is 1.86. The fourth-order valence-corrected chi connectivity index (χ4v) is 4.09. The minimum Gasteiger partial charge on any atom is -0.491 e. The number of rotatable bonds is 6. The number of para-hydroxylation sites is 1. The quantitative estimate of drug-likeness (QED) is 0.789. The van der Waals surface area contributed by atoms with Gasteiger partial charge in [0.2, 0.25) is 12.7 Å². The number of β-amino-alcohol motifs (C(OH)–C–C–N with tert-alkyl or cyclic N) is 1. The first-order valence-corrected chi connectivity index (χ1v) is 10.5. The molecule has 1 unspecified atom stereocenters. The van der Waals surface area contributed by atoms with Crippen LogP contribution in [0.4, 0.5) is 5.69 Å². The van der Waals surface area contributed by atoms with Crippen molar-refractivity contribution in [1.82, 2.24) is 4.90 Å². The largest absolute Gasteiger partial charge is 0.491 e. The average Bonchev–Trinajstić information content (AvgIpc) is 3.49. The molecule has 2 aromatic rings. The van der Waals surface area contributed by atoms with Crippen LogP contribution in [0.2, 0.25) is 0 Å². The second-order valence-corrected chi connectivity index (χ2v) is 8.06. The molecule has 0 saturated heterocycles. The van der Waals surface area contributed by atoms with Crippen LogP contribution in [0.25, 0.3) is 0 Å². The topological polar surface area (TPSA) is 71.5 Å². The van der Waals surface area contributed by atoms with E-state index in [-0.39, 0.29) is 19.3 Å². The number of aliphatic hydroxyl groups is 1. The van der Waals surface area contributed by atoms with Gasteiger partial charge in [-0.2, -0.15) is 0 Å². The molecule has 1 atom stereocenters. The molecule has 1 N–H and O–H groups in total. The lowest BCUT2D eigenvalue weighted by Crippen LogP contribution is -2.42. The van der Waals surface area contributed by atoms with Crippen LogP contribution in [0.1, 0.15) is 24.8 Å². The summed E-state index contributed by atoms with van der Waals surface area (Å²) in [5.41, 5.74) is 2.01. The standard InChI is InChI=1S/C23H26N2O5/c26-18(14-28-19-4-2-1-3-5-19)13-24-9-8-23(27)25(17-6-7-17)12-16-10-21-22(11-20(16)24)30-15-29-21/h1-5,10-11,17-18,26H,6-9,12-15H2. The zero-order valence-corrected chi connectivity index (χ0v) is 16.8. The third-order valence-corrected chi connectivity index (χ3v) is 5.78. The lowest BCUT2D eigenvalue weighted by molar-refractivity contribution is -0.132. The molecule has 1 amide bonds. The molecule has 7 nitrogen and oxygen atoms in total. The van der Waals surface area contributed by atoms with E-state index in [2.05, 4.69) is 4.90 Å². The minimum atomic E-state index is -0.697. The Balaban J connectivity index is 1.36. The number of amides is 1. The third-order valence-electron chi connectivity index (χ3n) is 5.78. The van der Waals surface area contributed by atoms with Gasteiger partial charge in [0.05, 0.1) is 0 Å². The van der Waals surface area contributed by atoms with Gasteiger partial charge < -0.3 is 29.1 Å². The maximum Gasteiger partial charge on any atom is 0.231 e. The molecule has 2 aliphatic heterocycles. The molecule has 0 bridgehead atoms. The van der Waals surface area contributed by atoms with Gasteiger partial charge in [0.1, 0.15) is 18.5 Å². The monoisotopic (exact) mass is 410 g/mol. The molecule has 0 radical (unpaired) electrons. The second kappa shape index (κ2) is 8.07. The van der Waals surface area contributed by atoms with E-state index in [0.717, 1.165) is 29.8 Å². The Kier molecular flexibility index (Phi) is 5.12. The number of carbonyl (C=O) groups excluding carboxylic acids is 1. The molecule has 1 saturated carbocycles. The van der Waals surface area contributed by atoms with E-state index < -0.39 is 6.10 Å². The first-order chi connectivity index (χ1) is 14.7. The summed E-state index contributed by atoms with van der Waals surface area (Å²) in [6.07, 6.45) is 1.88. The minimum absolute atomic E-state index is 0.167. The molecule has 2 heterocycles. The van der Waals surface area contributed by atoms with Crippen molar-refractivity contribution in [3.8, 4) is 17.2 Å². The zero-order chi connectivity index (χ0) is 20.5. The van der Waals surface area contributed by atoms with Gasteiger partial charge in [-0.05, 0) is 36.6 Å². The predicted molar refractivity (Wildman–Crippen MR) is 111 cm³/mol. The second-order valence-electron chi connectivity index (χ2n) is 8.06. The van der Waals surface area contributed by atoms with Crippen LogP contribution in [0.15, 0.2) is 42.5 Å². The van der Waals surface area contributed by atoms with Gasteiger partial charge in [-0.1, -0.05) is 18.2 Å². The Morgan fingerprint density at radius 1 is 1.13 bits per heavy atom. The molecule has 158 valence electrons. The molecular formula is C23H26N2O5. The number of nitrogens with zero attached hydrogens (tertiary/aromatic N) is 2. The van der Waals surface area contributed by atoms with Crippen molar-refractivity contribution in [1.29, 1.82) is 0 Å². The summed E-state index contributed by atoms with van der Waals surface area (Å²) >= 11 is 0. The van der Waals surface area contributed by atoms with Crippen LogP contribution in [0.3, 0.4) is 0 Å². The lowest BCUT2D eigenvalue weighted by Gasteiger charge is -2.34. The van der Waals surface area contributed by atoms with Crippen molar-refractivity contribution in [3.63, 3.8) is 0 Å². The van der Waals surface area contributed by atoms with Gasteiger partial charge in [0.25, 0.3) is 0 Å². The Hall–Kier alpha value is -2.93. The number of aliphatic hydroxyl groups excluding tert-OH is 1. The Morgan fingerprint density at radius 3 is 2.67 bits per heavy atom. The highest BCUT2D eigenvalue weighted by molar-refractivity contribution is 5.79. The van der Waals surface area contributed by atoms with Crippen LogP contribution < -0.4 is 19.1 Å². The fraction of sp³-hybridized carbons (Fsp3) is 0.435. The molecule has 1 fully saturated rings. The molecule has 2 aromatic carbocycles. The van der Waals surface area contributed by atoms with Crippen molar-refractivity contribution in [2.45, 2.75) is 38.0 Å². The smallest absolute Gasteiger partial charge is 0.231 e. The highest BCUT2D eigenvalue weighted by Crippen LogP contribution is 2.41. The Bertz CT molecular complexity index is 915. The number of hydrogen-bond donors (Lipinski definition) is 1. The van der Waals surface area contributed by atoms with Crippen molar-refractivity contribution in [2.75, 3.05) is 31.4 Å². The molecular weight excluding hydrogens is 384 g/mol. The van der Waals surface area contributed by atoms with Gasteiger partial charge >= 0.3 is 0 Å². The molecule has 7 heteroatoms. The summed E-state index contributed by atoms with van der Waals surface area (Å²) in [6, 6.07) is 13.8. The molecule has 5 rings (SSSR count). The normalized spacial score (nSPS) is 19.2. The summed E-state index contributed by atoms with van der Waals surface area (Å²) < 4.78 is 16.9. The maximum absolute atomic E-state index is 12.8. The van der Waals surface area contributed by atoms with Gasteiger partial charge in [-0.15, -0.1) is 0 Å². The Labute approximate surface area is 175 Å².